The second kappa shape index (κ2) is 12.4. The van der Waals surface area contributed by atoms with Gasteiger partial charge in [-0.15, -0.1) is 0 Å². The lowest BCUT2D eigenvalue weighted by atomic mass is 10.0. The Hall–Kier alpha value is -3.60. The molecular formula is C28H30O5. The van der Waals surface area contributed by atoms with Crippen LogP contribution in [0.15, 0.2) is 72.8 Å². The number of benzene rings is 3. The van der Waals surface area contributed by atoms with Gasteiger partial charge in [0.25, 0.3) is 0 Å². The summed E-state index contributed by atoms with van der Waals surface area (Å²) >= 11 is 0. The lowest BCUT2D eigenvalue weighted by molar-refractivity contribution is 0.0734. The van der Waals surface area contributed by atoms with Crippen molar-refractivity contribution in [2.75, 3.05) is 13.2 Å². The van der Waals surface area contributed by atoms with Gasteiger partial charge < -0.3 is 14.2 Å². The predicted molar refractivity (Wildman–Crippen MR) is 129 cm³/mol. The Morgan fingerprint density at radius 3 is 1.45 bits per heavy atom. The van der Waals surface area contributed by atoms with Crippen LogP contribution in [0, 0.1) is 0 Å². The average Bonchev–Trinajstić information content (AvgIpc) is 2.85. The maximum Gasteiger partial charge on any atom is 0.343 e. The highest BCUT2D eigenvalue weighted by atomic mass is 16.5. The van der Waals surface area contributed by atoms with Gasteiger partial charge >= 0.3 is 5.97 Å². The van der Waals surface area contributed by atoms with E-state index in [9.17, 15) is 9.59 Å². The molecule has 0 aliphatic rings. The van der Waals surface area contributed by atoms with Crippen LogP contribution in [-0.4, -0.2) is 25.0 Å². The molecule has 0 heterocycles. The predicted octanol–water partition coefficient (Wildman–Crippen LogP) is 6.49. The van der Waals surface area contributed by atoms with E-state index in [1.165, 1.54) is 0 Å². The first-order valence-electron chi connectivity index (χ1n) is 11.4. The Morgan fingerprint density at radius 1 is 0.576 bits per heavy atom. The molecule has 0 aliphatic carbocycles. The zero-order valence-corrected chi connectivity index (χ0v) is 19.2. The lowest BCUT2D eigenvalue weighted by Crippen LogP contribution is -2.09. The van der Waals surface area contributed by atoms with Crippen molar-refractivity contribution in [2.24, 2.45) is 0 Å². The summed E-state index contributed by atoms with van der Waals surface area (Å²) < 4.78 is 16.7. The number of ether oxygens (including phenoxy) is 3. The van der Waals surface area contributed by atoms with Crippen LogP contribution < -0.4 is 14.2 Å². The van der Waals surface area contributed by atoms with Crippen molar-refractivity contribution >= 4 is 11.8 Å². The molecule has 0 bridgehead atoms. The van der Waals surface area contributed by atoms with Gasteiger partial charge in [0, 0.05) is 11.1 Å². The molecule has 0 aromatic heterocycles. The van der Waals surface area contributed by atoms with Crippen molar-refractivity contribution in [1.82, 2.24) is 0 Å². The van der Waals surface area contributed by atoms with E-state index < -0.39 is 5.97 Å². The largest absolute Gasteiger partial charge is 0.494 e. The highest BCUT2D eigenvalue weighted by molar-refractivity contribution is 6.09. The van der Waals surface area contributed by atoms with Crippen LogP contribution in [0.5, 0.6) is 17.2 Å². The molecule has 33 heavy (non-hydrogen) atoms. The Balaban J connectivity index is 1.56. The maximum absolute atomic E-state index is 12.7. The summed E-state index contributed by atoms with van der Waals surface area (Å²) in [5, 5.41) is 0. The molecule has 0 fully saturated rings. The molecule has 5 nitrogen and oxygen atoms in total. The van der Waals surface area contributed by atoms with Crippen molar-refractivity contribution < 1.29 is 23.8 Å². The molecule has 0 N–H and O–H groups in total. The van der Waals surface area contributed by atoms with Crippen LogP contribution in [0.4, 0.5) is 0 Å². The van der Waals surface area contributed by atoms with Crippen LogP contribution >= 0.6 is 0 Å². The van der Waals surface area contributed by atoms with Crippen LogP contribution in [0.2, 0.25) is 0 Å². The Bertz CT molecular complexity index is 1020. The maximum atomic E-state index is 12.7. The normalized spacial score (nSPS) is 10.5. The van der Waals surface area contributed by atoms with E-state index in [-0.39, 0.29) is 5.78 Å². The molecule has 0 aliphatic heterocycles. The van der Waals surface area contributed by atoms with E-state index in [1.807, 2.05) is 0 Å². The molecular weight excluding hydrogens is 416 g/mol. The van der Waals surface area contributed by atoms with E-state index in [0.29, 0.717) is 35.7 Å². The minimum atomic E-state index is -0.484. The van der Waals surface area contributed by atoms with E-state index >= 15 is 0 Å². The van der Waals surface area contributed by atoms with Crippen molar-refractivity contribution in [3.05, 3.63) is 89.5 Å². The second-order valence-corrected chi connectivity index (χ2v) is 7.70. The Labute approximate surface area is 195 Å². The van der Waals surface area contributed by atoms with Gasteiger partial charge in [0.15, 0.2) is 5.78 Å². The first kappa shape index (κ1) is 24.1. The van der Waals surface area contributed by atoms with Crippen molar-refractivity contribution in [2.45, 2.75) is 39.5 Å². The number of esters is 1. The molecule has 0 atom stereocenters. The molecule has 3 aromatic carbocycles. The highest BCUT2D eigenvalue weighted by Gasteiger charge is 2.13. The molecule has 3 rings (SSSR count). The zero-order valence-electron chi connectivity index (χ0n) is 19.2. The van der Waals surface area contributed by atoms with Crippen LogP contribution in [0.3, 0.4) is 0 Å². The minimum absolute atomic E-state index is 0.117. The fourth-order valence-corrected chi connectivity index (χ4v) is 3.07. The van der Waals surface area contributed by atoms with Crippen LogP contribution in [0.25, 0.3) is 0 Å². The van der Waals surface area contributed by atoms with Gasteiger partial charge in [-0.2, -0.15) is 0 Å². The molecule has 5 heteroatoms. The topological polar surface area (TPSA) is 61.8 Å². The first-order chi connectivity index (χ1) is 16.1. The van der Waals surface area contributed by atoms with E-state index in [2.05, 4.69) is 13.8 Å². The van der Waals surface area contributed by atoms with Gasteiger partial charge in [-0.05, 0) is 73.5 Å². The summed E-state index contributed by atoms with van der Waals surface area (Å²) in [6, 6.07) is 20.5. The number of hydrogen-bond donors (Lipinski definition) is 0. The Morgan fingerprint density at radius 2 is 0.970 bits per heavy atom. The van der Waals surface area contributed by atoms with E-state index in [1.54, 1.807) is 72.8 Å². The van der Waals surface area contributed by atoms with Gasteiger partial charge in [0.2, 0.25) is 0 Å². The van der Waals surface area contributed by atoms with Gasteiger partial charge in [-0.3, -0.25) is 4.79 Å². The minimum Gasteiger partial charge on any atom is -0.494 e. The number of ketones is 1. The third-order valence-corrected chi connectivity index (χ3v) is 5.07. The molecule has 0 saturated heterocycles. The monoisotopic (exact) mass is 446 g/mol. The van der Waals surface area contributed by atoms with Crippen molar-refractivity contribution in [1.29, 1.82) is 0 Å². The fourth-order valence-electron chi connectivity index (χ4n) is 3.07. The number of carbonyl (C=O) groups excluding carboxylic acids is 2. The molecule has 0 radical (unpaired) electrons. The quantitative estimate of drug-likeness (QED) is 0.138. The first-order valence-corrected chi connectivity index (χ1v) is 11.4. The SMILES string of the molecule is CCCCOc1ccc(OC(=O)c2ccc(C(=O)c3ccc(OCCCC)cc3)cc2)cc1. The molecule has 0 spiro atoms. The van der Waals surface area contributed by atoms with E-state index in [4.69, 9.17) is 14.2 Å². The Kier molecular flexibility index (Phi) is 9.07. The van der Waals surface area contributed by atoms with Crippen molar-refractivity contribution in [3.63, 3.8) is 0 Å². The summed E-state index contributed by atoms with van der Waals surface area (Å²) in [5.41, 5.74) is 1.43. The standard InChI is InChI=1S/C28H30O5/c1-3-5-19-31-24-13-11-22(12-14-24)27(29)21-7-9-23(10-8-21)28(30)33-26-17-15-25(16-18-26)32-20-6-4-2/h7-18H,3-6,19-20H2,1-2H3. The number of hydrogen-bond acceptors (Lipinski definition) is 5. The average molecular weight is 447 g/mol. The number of carbonyl (C=O) groups is 2. The molecule has 0 saturated carbocycles. The van der Waals surface area contributed by atoms with Crippen LogP contribution in [-0.2, 0) is 0 Å². The van der Waals surface area contributed by atoms with Gasteiger partial charge in [0.1, 0.15) is 17.2 Å². The van der Waals surface area contributed by atoms with Gasteiger partial charge in [-0.1, -0.05) is 38.8 Å². The summed E-state index contributed by atoms with van der Waals surface area (Å²) in [6.07, 6.45) is 4.13. The zero-order chi connectivity index (χ0) is 23.5. The molecule has 0 unspecified atom stereocenters. The van der Waals surface area contributed by atoms with E-state index in [0.717, 1.165) is 37.2 Å². The summed E-state index contributed by atoms with van der Waals surface area (Å²) in [6.45, 7) is 5.55. The molecule has 0 amide bonds. The van der Waals surface area contributed by atoms with Crippen LogP contribution in [0.1, 0.15) is 65.8 Å². The number of rotatable bonds is 12. The molecule has 172 valence electrons. The third-order valence-electron chi connectivity index (χ3n) is 5.07. The second-order valence-electron chi connectivity index (χ2n) is 7.70. The molecule has 3 aromatic rings. The highest BCUT2D eigenvalue weighted by Crippen LogP contribution is 2.20. The summed E-state index contributed by atoms with van der Waals surface area (Å²) in [5.74, 6) is 1.32. The fraction of sp³-hybridized carbons (Fsp3) is 0.286. The smallest absolute Gasteiger partial charge is 0.343 e. The third kappa shape index (κ3) is 7.21. The summed E-state index contributed by atoms with van der Waals surface area (Å²) in [7, 11) is 0. The lowest BCUT2D eigenvalue weighted by Gasteiger charge is -2.08. The summed E-state index contributed by atoms with van der Waals surface area (Å²) in [4.78, 5) is 25.2. The number of unbranched alkanes of at least 4 members (excludes halogenated alkanes) is 2. The van der Waals surface area contributed by atoms with Crippen molar-refractivity contribution in [3.8, 4) is 17.2 Å². The van der Waals surface area contributed by atoms with Gasteiger partial charge in [-0.25, -0.2) is 4.79 Å². The van der Waals surface area contributed by atoms with Gasteiger partial charge in [0.05, 0.1) is 18.8 Å².